The Morgan fingerprint density at radius 1 is 1.38 bits per heavy atom. The monoisotopic (exact) mass is 222 g/mol. The van der Waals surface area contributed by atoms with Crippen LogP contribution in [0.15, 0.2) is 12.1 Å². The highest BCUT2D eigenvalue weighted by Gasteiger charge is 2.39. The van der Waals surface area contributed by atoms with E-state index in [2.05, 4.69) is 6.92 Å². The molecule has 1 N–H and O–H groups in total. The summed E-state index contributed by atoms with van der Waals surface area (Å²) in [5, 5.41) is 10.5. The maximum Gasteiger partial charge on any atom is 0.129 e. The summed E-state index contributed by atoms with van der Waals surface area (Å²) in [5.74, 6) is 0.221. The summed E-state index contributed by atoms with van der Waals surface area (Å²) in [4.78, 5) is 0. The lowest BCUT2D eigenvalue weighted by Gasteiger charge is -2.26. The van der Waals surface area contributed by atoms with Gasteiger partial charge in [0.1, 0.15) is 5.82 Å². The summed E-state index contributed by atoms with van der Waals surface area (Å²) in [5.41, 5.74) is 1.35. The van der Waals surface area contributed by atoms with Gasteiger partial charge in [0.25, 0.3) is 0 Å². The van der Waals surface area contributed by atoms with Crippen molar-refractivity contribution in [3.8, 4) is 0 Å². The molecule has 0 bridgehead atoms. The largest absolute Gasteiger partial charge is 0.385 e. The summed E-state index contributed by atoms with van der Waals surface area (Å²) in [6.45, 7) is 5.87. The van der Waals surface area contributed by atoms with Gasteiger partial charge in [-0.25, -0.2) is 4.39 Å². The quantitative estimate of drug-likeness (QED) is 0.771. The third kappa shape index (κ3) is 1.86. The predicted molar refractivity (Wildman–Crippen MR) is 62.8 cm³/mol. The molecule has 1 aromatic rings. The van der Waals surface area contributed by atoms with Gasteiger partial charge in [0.05, 0.1) is 5.60 Å². The molecule has 1 nitrogen and oxygen atoms in total. The van der Waals surface area contributed by atoms with Crippen molar-refractivity contribution in [1.29, 1.82) is 0 Å². The van der Waals surface area contributed by atoms with Crippen LogP contribution in [0.3, 0.4) is 0 Å². The Morgan fingerprint density at radius 3 is 2.56 bits per heavy atom. The molecular formula is C14H19FO. The minimum atomic E-state index is -0.943. The topological polar surface area (TPSA) is 20.2 Å². The maximum atomic E-state index is 14.0. The number of benzene rings is 1. The van der Waals surface area contributed by atoms with Gasteiger partial charge in [-0.3, -0.25) is 0 Å². The SMILES string of the molecule is Cc1cc(C)c(C2(O)CCC(C)C2)c(F)c1. The minimum Gasteiger partial charge on any atom is -0.385 e. The second-order valence-corrected chi connectivity index (χ2v) is 5.32. The van der Waals surface area contributed by atoms with Gasteiger partial charge >= 0.3 is 0 Å². The van der Waals surface area contributed by atoms with Gasteiger partial charge in [0.15, 0.2) is 0 Å². The number of hydrogen-bond donors (Lipinski definition) is 1. The normalized spacial score (nSPS) is 29.7. The Bertz CT molecular complexity index is 390. The fourth-order valence-corrected chi connectivity index (χ4v) is 3.00. The third-order valence-corrected chi connectivity index (χ3v) is 3.63. The molecule has 1 aliphatic carbocycles. The first kappa shape index (κ1) is 11.6. The Morgan fingerprint density at radius 2 is 2.06 bits per heavy atom. The van der Waals surface area contributed by atoms with Crippen molar-refractivity contribution in [2.45, 2.75) is 45.6 Å². The first-order valence-corrected chi connectivity index (χ1v) is 5.92. The van der Waals surface area contributed by atoms with E-state index in [1.165, 1.54) is 6.07 Å². The van der Waals surface area contributed by atoms with E-state index in [9.17, 15) is 9.50 Å². The minimum absolute atomic E-state index is 0.255. The number of halogens is 1. The van der Waals surface area contributed by atoms with E-state index in [1.54, 1.807) is 0 Å². The zero-order valence-electron chi connectivity index (χ0n) is 10.2. The third-order valence-electron chi connectivity index (χ3n) is 3.63. The molecule has 0 aromatic heterocycles. The molecule has 2 heteroatoms. The second-order valence-electron chi connectivity index (χ2n) is 5.32. The van der Waals surface area contributed by atoms with Crippen LogP contribution in [-0.4, -0.2) is 5.11 Å². The van der Waals surface area contributed by atoms with Crippen molar-refractivity contribution in [2.24, 2.45) is 5.92 Å². The average molecular weight is 222 g/mol. The van der Waals surface area contributed by atoms with E-state index in [-0.39, 0.29) is 5.82 Å². The summed E-state index contributed by atoms with van der Waals surface area (Å²) in [6, 6.07) is 3.46. The van der Waals surface area contributed by atoms with E-state index >= 15 is 0 Å². The molecule has 0 heterocycles. The Balaban J connectivity index is 2.48. The molecule has 0 radical (unpaired) electrons. The zero-order valence-corrected chi connectivity index (χ0v) is 10.2. The molecule has 0 spiro atoms. The van der Waals surface area contributed by atoms with Gasteiger partial charge in [-0.2, -0.15) is 0 Å². The summed E-state index contributed by atoms with van der Waals surface area (Å²) in [6.07, 6.45) is 2.33. The molecule has 1 aromatic carbocycles. The van der Waals surface area contributed by atoms with Crippen molar-refractivity contribution < 1.29 is 9.50 Å². The van der Waals surface area contributed by atoms with Gasteiger partial charge in [-0.1, -0.05) is 13.0 Å². The molecule has 2 rings (SSSR count). The van der Waals surface area contributed by atoms with Crippen molar-refractivity contribution in [1.82, 2.24) is 0 Å². The highest BCUT2D eigenvalue weighted by molar-refractivity contribution is 5.36. The Labute approximate surface area is 96.3 Å². The molecule has 0 aliphatic heterocycles. The smallest absolute Gasteiger partial charge is 0.129 e. The van der Waals surface area contributed by atoms with Gasteiger partial charge < -0.3 is 5.11 Å². The number of hydrogen-bond acceptors (Lipinski definition) is 1. The predicted octanol–water partition coefficient (Wildman–Crippen LogP) is 3.45. The molecule has 2 atom stereocenters. The molecular weight excluding hydrogens is 203 g/mol. The molecule has 1 fully saturated rings. The molecule has 0 saturated heterocycles. The van der Waals surface area contributed by atoms with Crippen LogP contribution in [0, 0.1) is 25.6 Å². The first-order valence-electron chi connectivity index (χ1n) is 5.92. The van der Waals surface area contributed by atoms with Gasteiger partial charge in [-0.05, 0) is 56.2 Å². The fourth-order valence-electron chi connectivity index (χ4n) is 3.00. The van der Waals surface area contributed by atoms with Crippen molar-refractivity contribution in [3.05, 3.63) is 34.6 Å². The van der Waals surface area contributed by atoms with E-state index in [0.717, 1.165) is 17.5 Å². The highest BCUT2D eigenvalue weighted by Crippen LogP contribution is 2.44. The second kappa shape index (κ2) is 3.85. The summed E-state index contributed by atoms with van der Waals surface area (Å²) >= 11 is 0. The average Bonchev–Trinajstić information content (AvgIpc) is 2.44. The zero-order chi connectivity index (χ0) is 11.9. The standard InChI is InChI=1S/C14H19FO/c1-9-4-5-14(16,8-9)13-11(3)6-10(2)7-12(13)15/h6-7,9,16H,4-5,8H2,1-3H3. The number of aliphatic hydroxyl groups is 1. The van der Waals surface area contributed by atoms with Crippen molar-refractivity contribution in [2.75, 3.05) is 0 Å². The molecule has 16 heavy (non-hydrogen) atoms. The van der Waals surface area contributed by atoms with Crippen LogP contribution >= 0.6 is 0 Å². The Hall–Kier alpha value is -0.890. The van der Waals surface area contributed by atoms with Gasteiger partial charge in [-0.15, -0.1) is 0 Å². The van der Waals surface area contributed by atoms with Crippen molar-refractivity contribution in [3.63, 3.8) is 0 Å². The maximum absolute atomic E-state index is 14.0. The lowest BCUT2D eigenvalue weighted by atomic mass is 9.87. The molecule has 1 aliphatic rings. The van der Waals surface area contributed by atoms with Crippen LogP contribution in [-0.2, 0) is 5.60 Å². The molecule has 88 valence electrons. The van der Waals surface area contributed by atoms with Crippen LogP contribution in [0.2, 0.25) is 0 Å². The number of aryl methyl sites for hydroxylation is 2. The van der Waals surface area contributed by atoms with E-state index in [0.29, 0.717) is 24.3 Å². The van der Waals surface area contributed by atoms with E-state index < -0.39 is 5.60 Å². The van der Waals surface area contributed by atoms with Crippen molar-refractivity contribution >= 4 is 0 Å². The van der Waals surface area contributed by atoms with Crippen LogP contribution < -0.4 is 0 Å². The Kier molecular flexibility index (Phi) is 2.79. The van der Waals surface area contributed by atoms with Crippen LogP contribution in [0.1, 0.15) is 42.9 Å². The van der Waals surface area contributed by atoms with E-state index in [1.807, 2.05) is 19.9 Å². The summed E-state index contributed by atoms with van der Waals surface area (Å²) in [7, 11) is 0. The van der Waals surface area contributed by atoms with Gasteiger partial charge in [0.2, 0.25) is 0 Å². The fraction of sp³-hybridized carbons (Fsp3) is 0.571. The molecule has 1 saturated carbocycles. The molecule has 0 amide bonds. The van der Waals surface area contributed by atoms with Gasteiger partial charge in [0, 0.05) is 5.56 Å². The molecule has 2 unspecified atom stereocenters. The van der Waals surface area contributed by atoms with Crippen LogP contribution in [0.25, 0.3) is 0 Å². The summed E-state index contributed by atoms with van der Waals surface area (Å²) < 4.78 is 14.0. The van der Waals surface area contributed by atoms with Crippen LogP contribution in [0.4, 0.5) is 4.39 Å². The first-order chi connectivity index (χ1) is 7.42. The highest BCUT2D eigenvalue weighted by atomic mass is 19.1. The van der Waals surface area contributed by atoms with Crippen LogP contribution in [0.5, 0.6) is 0 Å². The lowest BCUT2D eigenvalue weighted by molar-refractivity contribution is 0.0364. The number of rotatable bonds is 1. The van der Waals surface area contributed by atoms with E-state index in [4.69, 9.17) is 0 Å². The lowest BCUT2D eigenvalue weighted by Crippen LogP contribution is -2.24.